The number of nitrogens with one attached hydrogen (secondary N) is 1. The first-order valence-corrected chi connectivity index (χ1v) is 12.5. The first-order valence-electron chi connectivity index (χ1n) is 12.5. The van der Waals surface area contributed by atoms with Crippen LogP contribution in [-0.2, 0) is 16.1 Å². The Morgan fingerprint density at radius 2 is 1.69 bits per heavy atom. The van der Waals surface area contributed by atoms with Crippen molar-refractivity contribution in [3.05, 3.63) is 54.1 Å². The quantitative estimate of drug-likeness (QED) is 0.418. The fourth-order valence-electron chi connectivity index (χ4n) is 4.48. The van der Waals surface area contributed by atoms with Gasteiger partial charge in [0.25, 0.3) is 0 Å². The van der Waals surface area contributed by atoms with Gasteiger partial charge in [0.1, 0.15) is 23.3 Å². The lowest BCUT2D eigenvalue weighted by Gasteiger charge is -2.31. The van der Waals surface area contributed by atoms with Crippen molar-refractivity contribution in [3.63, 3.8) is 0 Å². The number of carbonyl (C=O) groups is 2. The van der Waals surface area contributed by atoms with Crippen LogP contribution < -0.4 is 19.5 Å². The van der Waals surface area contributed by atoms with E-state index in [0.717, 1.165) is 48.5 Å². The van der Waals surface area contributed by atoms with Crippen molar-refractivity contribution in [3.8, 4) is 17.2 Å². The van der Waals surface area contributed by atoms with Crippen LogP contribution in [0.4, 0.5) is 0 Å². The van der Waals surface area contributed by atoms with E-state index in [-0.39, 0.29) is 17.9 Å². The standard InChI is InChI=1S/C28H38N2O5/c1-4-26(28(32)29-22-10-5-6-11-22)30(20-21-9-7-12-25(19-21)34-3)27(31)13-8-18-35-24-16-14-23(33-2)15-17-24/h7,9,12,14-17,19,22,26H,4-6,8,10-11,13,18,20H2,1-3H3,(H,29,32)/t26-/m1/s1. The van der Waals surface area contributed by atoms with Crippen LogP contribution in [0.5, 0.6) is 17.2 Å². The lowest BCUT2D eigenvalue weighted by atomic mass is 10.1. The number of hydrogen-bond acceptors (Lipinski definition) is 5. The topological polar surface area (TPSA) is 77.1 Å². The fourth-order valence-corrected chi connectivity index (χ4v) is 4.48. The van der Waals surface area contributed by atoms with Gasteiger partial charge < -0.3 is 24.4 Å². The van der Waals surface area contributed by atoms with Gasteiger partial charge in [-0.05, 0) is 67.6 Å². The monoisotopic (exact) mass is 482 g/mol. The number of ether oxygens (including phenoxy) is 3. The molecule has 0 saturated heterocycles. The van der Waals surface area contributed by atoms with Crippen molar-refractivity contribution < 1.29 is 23.8 Å². The second kappa shape index (κ2) is 13.6. The molecular weight excluding hydrogens is 444 g/mol. The average molecular weight is 483 g/mol. The molecule has 1 fully saturated rings. The average Bonchev–Trinajstić information content (AvgIpc) is 3.39. The third-order valence-corrected chi connectivity index (χ3v) is 6.44. The molecule has 1 N–H and O–H groups in total. The molecule has 0 bridgehead atoms. The number of hydrogen-bond donors (Lipinski definition) is 1. The molecule has 1 saturated carbocycles. The second-order valence-electron chi connectivity index (χ2n) is 8.91. The first kappa shape index (κ1) is 26.4. The van der Waals surface area contributed by atoms with Gasteiger partial charge in [0.15, 0.2) is 0 Å². The van der Waals surface area contributed by atoms with E-state index >= 15 is 0 Å². The smallest absolute Gasteiger partial charge is 0.243 e. The molecule has 35 heavy (non-hydrogen) atoms. The molecule has 0 unspecified atom stereocenters. The Labute approximate surface area is 208 Å². The Morgan fingerprint density at radius 1 is 1.00 bits per heavy atom. The van der Waals surface area contributed by atoms with Gasteiger partial charge in [0, 0.05) is 19.0 Å². The molecule has 2 aromatic carbocycles. The summed E-state index contributed by atoms with van der Waals surface area (Å²) in [6.07, 6.45) is 5.71. The van der Waals surface area contributed by atoms with Gasteiger partial charge in [-0.1, -0.05) is 31.9 Å². The number of rotatable bonds is 13. The molecule has 0 heterocycles. The summed E-state index contributed by atoms with van der Waals surface area (Å²) < 4.78 is 16.3. The predicted octanol–water partition coefficient (Wildman–Crippen LogP) is 4.73. The van der Waals surface area contributed by atoms with Gasteiger partial charge >= 0.3 is 0 Å². The van der Waals surface area contributed by atoms with E-state index in [1.165, 1.54) is 0 Å². The molecule has 7 heteroatoms. The highest BCUT2D eigenvalue weighted by molar-refractivity contribution is 5.87. The summed E-state index contributed by atoms with van der Waals surface area (Å²) in [4.78, 5) is 28.3. The molecule has 0 radical (unpaired) electrons. The number of methoxy groups -OCH3 is 2. The SMILES string of the molecule is CC[C@H](C(=O)NC1CCCC1)N(Cc1cccc(OC)c1)C(=O)CCCOc1ccc(OC)cc1. The van der Waals surface area contributed by atoms with Crippen LogP contribution in [0.15, 0.2) is 48.5 Å². The molecule has 7 nitrogen and oxygen atoms in total. The van der Waals surface area contributed by atoms with Crippen molar-refractivity contribution >= 4 is 11.8 Å². The molecule has 1 aliphatic carbocycles. The van der Waals surface area contributed by atoms with Crippen molar-refractivity contribution in [1.82, 2.24) is 10.2 Å². The van der Waals surface area contributed by atoms with Crippen LogP contribution in [0.25, 0.3) is 0 Å². The Bertz CT molecular complexity index is 941. The molecule has 1 atom stereocenters. The zero-order valence-electron chi connectivity index (χ0n) is 21.1. The Balaban J connectivity index is 1.64. The molecule has 1 aliphatic rings. The molecule has 2 amide bonds. The molecule has 3 rings (SSSR count). The summed E-state index contributed by atoms with van der Waals surface area (Å²) in [5.74, 6) is 2.10. The minimum Gasteiger partial charge on any atom is -0.497 e. The van der Waals surface area contributed by atoms with Crippen LogP contribution in [0.3, 0.4) is 0 Å². The minimum absolute atomic E-state index is 0.0560. The maximum atomic E-state index is 13.4. The van der Waals surface area contributed by atoms with Crippen molar-refractivity contribution in [2.24, 2.45) is 0 Å². The lowest BCUT2D eigenvalue weighted by molar-refractivity contribution is -0.141. The van der Waals surface area contributed by atoms with E-state index in [1.54, 1.807) is 19.1 Å². The summed E-state index contributed by atoms with van der Waals surface area (Å²) in [6.45, 7) is 2.72. The highest BCUT2D eigenvalue weighted by atomic mass is 16.5. The second-order valence-corrected chi connectivity index (χ2v) is 8.91. The zero-order chi connectivity index (χ0) is 25.0. The first-order chi connectivity index (χ1) is 17.0. The summed E-state index contributed by atoms with van der Waals surface area (Å²) in [5, 5.41) is 3.18. The van der Waals surface area contributed by atoms with Crippen molar-refractivity contribution in [2.75, 3.05) is 20.8 Å². The van der Waals surface area contributed by atoms with Gasteiger partial charge in [0.2, 0.25) is 11.8 Å². The molecule has 0 spiro atoms. The molecule has 0 aromatic heterocycles. The summed E-state index contributed by atoms with van der Waals surface area (Å²) in [7, 11) is 3.24. The molecule has 0 aliphatic heterocycles. The van der Waals surface area contributed by atoms with E-state index in [1.807, 2.05) is 55.5 Å². The Kier molecular flexibility index (Phi) is 10.3. The van der Waals surface area contributed by atoms with Crippen LogP contribution in [0.2, 0.25) is 0 Å². The highest BCUT2D eigenvalue weighted by Gasteiger charge is 2.30. The fraction of sp³-hybridized carbons (Fsp3) is 0.500. The molecule has 2 aromatic rings. The van der Waals surface area contributed by atoms with Crippen LogP contribution >= 0.6 is 0 Å². The van der Waals surface area contributed by atoms with Crippen LogP contribution in [0.1, 0.15) is 57.4 Å². The summed E-state index contributed by atoms with van der Waals surface area (Å²) in [6, 6.07) is 14.7. The third-order valence-electron chi connectivity index (χ3n) is 6.44. The summed E-state index contributed by atoms with van der Waals surface area (Å²) >= 11 is 0. The van der Waals surface area contributed by atoms with E-state index in [2.05, 4.69) is 5.32 Å². The Morgan fingerprint density at radius 3 is 2.34 bits per heavy atom. The zero-order valence-corrected chi connectivity index (χ0v) is 21.1. The van der Waals surface area contributed by atoms with Crippen LogP contribution in [0, 0.1) is 0 Å². The maximum Gasteiger partial charge on any atom is 0.243 e. The van der Waals surface area contributed by atoms with Gasteiger partial charge in [-0.25, -0.2) is 0 Å². The van der Waals surface area contributed by atoms with E-state index in [0.29, 0.717) is 32.4 Å². The number of carbonyl (C=O) groups excluding carboxylic acids is 2. The predicted molar refractivity (Wildman–Crippen MR) is 136 cm³/mol. The van der Waals surface area contributed by atoms with Gasteiger partial charge in [0.05, 0.1) is 20.8 Å². The van der Waals surface area contributed by atoms with Crippen molar-refractivity contribution in [2.45, 2.75) is 70.5 Å². The number of benzene rings is 2. The highest BCUT2D eigenvalue weighted by Crippen LogP contribution is 2.21. The van der Waals surface area contributed by atoms with Gasteiger partial charge in [-0.3, -0.25) is 9.59 Å². The Hall–Kier alpha value is -3.22. The molecular formula is C28H38N2O5. The molecule has 190 valence electrons. The van der Waals surface area contributed by atoms with Gasteiger partial charge in [-0.2, -0.15) is 0 Å². The third kappa shape index (κ3) is 7.91. The van der Waals surface area contributed by atoms with E-state index < -0.39 is 6.04 Å². The van der Waals surface area contributed by atoms with E-state index in [9.17, 15) is 9.59 Å². The number of nitrogens with zero attached hydrogens (tertiary/aromatic N) is 1. The number of amides is 2. The van der Waals surface area contributed by atoms with E-state index in [4.69, 9.17) is 14.2 Å². The van der Waals surface area contributed by atoms with Crippen LogP contribution in [-0.4, -0.2) is 49.6 Å². The summed E-state index contributed by atoms with van der Waals surface area (Å²) in [5.41, 5.74) is 0.930. The maximum absolute atomic E-state index is 13.4. The minimum atomic E-state index is -0.517. The van der Waals surface area contributed by atoms with Crippen molar-refractivity contribution in [1.29, 1.82) is 0 Å². The van der Waals surface area contributed by atoms with Gasteiger partial charge in [-0.15, -0.1) is 0 Å². The normalized spacial score (nSPS) is 14.3. The lowest BCUT2D eigenvalue weighted by Crippen LogP contribution is -2.50. The largest absolute Gasteiger partial charge is 0.497 e.